The highest BCUT2D eigenvalue weighted by Crippen LogP contribution is 2.16. The minimum absolute atomic E-state index is 0.281. The average molecular weight is 213 g/mol. The number of nitrogen functional groups attached to an aromatic ring is 2. The molecule has 1 aromatic heterocycles. The van der Waals surface area contributed by atoms with Gasteiger partial charge in [-0.1, -0.05) is 25.6 Å². The van der Waals surface area contributed by atoms with Gasteiger partial charge in [0.15, 0.2) is 10.6 Å². The molecule has 0 saturated heterocycles. The number of hydrogen-bond acceptors (Lipinski definition) is 5. The molecular formula is C8H15N5S. The van der Waals surface area contributed by atoms with Crippen LogP contribution in [0.5, 0.6) is 0 Å². The van der Waals surface area contributed by atoms with Crippen LogP contribution in [0.15, 0.2) is 0 Å². The molecule has 0 aliphatic carbocycles. The van der Waals surface area contributed by atoms with Crippen molar-refractivity contribution in [1.29, 1.82) is 0 Å². The van der Waals surface area contributed by atoms with Crippen molar-refractivity contribution in [2.45, 2.75) is 19.8 Å². The predicted molar refractivity (Wildman–Crippen MR) is 61.6 cm³/mol. The number of H-pyrrole nitrogens is 1. The molecular weight excluding hydrogens is 198 g/mol. The van der Waals surface area contributed by atoms with Gasteiger partial charge in [-0.2, -0.15) is 0 Å². The molecule has 0 radical (unpaired) electrons. The van der Waals surface area contributed by atoms with E-state index in [1.807, 2.05) is 0 Å². The summed E-state index contributed by atoms with van der Waals surface area (Å²) < 4.78 is 0.334. The third kappa shape index (κ3) is 2.59. The van der Waals surface area contributed by atoms with Crippen molar-refractivity contribution in [1.82, 2.24) is 9.97 Å². The van der Waals surface area contributed by atoms with Gasteiger partial charge in [-0.25, -0.2) is 4.98 Å². The Labute approximate surface area is 87.9 Å². The number of rotatable bonds is 4. The Hall–Kier alpha value is -1.30. The number of unbranched alkanes of at least 4 members (excludes halogenated alkanes) is 1. The molecule has 5 nitrogen and oxygen atoms in total. The lowest BCUT2D eigenvalue weighted by Gasteiger charge is -2.08. The summed E-state index contributed by atoms with van der Waals surface area (Å²) >= 11 is 4.93. The number of nitrogens with two attached hydrogens (primary N) is 2. The van der Waals surface area contributed by atoms with Gasteiger partial charge in [0, 0.05) is 6.54 Å². The van der Waals surface area contributed by atoms with Crippen molar-refractivity contribution in [3.05, 3.63) is 4.64 Å². The quantitative estimate of drug-likeness (QED) is 0.449. The number of nitrogens with one attached hydrogen (secondary N) is 2. The van der Waals surface area contributed by atoms with Crippen LogP contribution in [0.3, 0.4) is 0 Å². The van der Waals surface area contributed by atoms with Gasteiger partial charge in [-0.3, -0.25) is 0 Å². The van der Waals surface area contributed by atoms with Crippen molar-refractivity contribution in [3.63, 3.8) is 0 Å². The zero-order valence-electron chi connectivity index (χ0n) is 8.13. The summed E-state index contributed by atoms with van der Waals surface area (Å²) in [7, 11) is 0. The average Bonchev–Trinajstić information content (AvgIpc) is 2.13. The van der Waals surface area contributed by atoms with Gasteiger partial charge >= 0.3 is 0 Å². The third-order valence-corrected chi connectivity index (χ3v) is 2.12. The number of anilines is 3. The van der Waals surface area contributed by atoms with E-state index in [1.54, 1.807) is 0 Å². The van der Waals surface area contributed by atoms with Crippen LogP contribution in [0.25, 0.3) is 0 Å². The first-order chi connectivity index (χ1) is 6.65. The first kappa shape index (κ1) is 10.8. The van der Waals surface area contributed by atoms with Gasteiger partial charge in [-0.15, -0.1) is 0 Å². The van der Waals surface area contributed by atoms with E-state index in [2.05, 4.69) is 22.2 Å². The summed E-state index contributed by atoms with van der Waals surface area (Å²) in [6, 6.07) is 0. The topological polar surface area (TPSA) is 92.8 Å². The molecule has 0 aromatic carbocycles. The second-order valence-corrected chi connectivity index (χ2v) is 3.38. The predicted octanol–water partition coefficient (Wildman–Crippen LogP) is 1.52. The third-order valence-electron chi connectivity index (χ3n) is 1.81. The van der Waals surface area contributed by atoms with Crippen LogP contribution in [0, 0.1) is 4.64 Å². The van der Waals surface area contributed by atoms with Crippen LogP contribution >= 0.6 is 12.2 Å². The fourth-order valence-electron chi connectivity index (χ4n) is 1.03. The maximum absolute atomic E-state index is 5.72. The summed E-state index contributed by atoms with van der Waals surface area (Å²) in [5.41, 5.74) is 11.7. The van der Waals surface area contributed by atoms with E-state index in [0.29, 0.717) is 16.1 Å². The van der Waals surface area contributed by atoms with E-state index in [-0.39, 0.29) is 5.95 Å². The first-order valence-corrected chi connectivity index (χ1v) is 4.95. The van der Waals surface area contributed by atoms with Crippen molar-refractivity contribution in [2.24, 2.45) is 0 Å². The van der Waals surface area contributed by atoms with Gasteiger partial charge in [-0.05, 0) is 6.42 Å². The zero-order valence-corrected chi connectivity index (χ0v) is 8.95. The van der Waals surface area contributed by atoms with E-state index in [4.69, 9.17) is 23.7 Å². The lowest BCUT2D eigenvalue weighted by atomic mass is 10.3. The Balaban J connectivity index is 2.80. The fourth-order valence-corrected chi connectivity index (χ4v) is 1.23. The highest BCUT2D eigenvalue weighted by atomic mass is 32.1. The lowest BCUT2D eigenvalue weighted by molar-refractivity contribution is 0.831. The molecule has 1 heterocycles. The van der Waals surface area contributed by atoms with Crippen LogP contribution < -0.4 is 16.8 Å². The van der Waals surface area contributed by atoms with Gasteiger partial charge in [0.2, 0.25) is 0 Å². The summed E-state index contributed by atoms with van der Waals surface area (Å²) in [5.74, 6) is 0.944. The van der Waals surface area contributed by atoms with Crippen molar-refractivity contribution < 1.29 is 0 Å². The van der Waals surface area contributed by atoms with E-state index in [9.17, 15) is 0 Å². The number of hydrogen-bond donors (Lipinski definition) is 4. The van der Waals surface area contributed by atoms with Crippen LogP contribution in [0.1, 0.15) is 19.8 Å². The molecule has 0 unspecified atom stereocenters. The van der Waals surface area contributed by atoms with E-state index < -0.39 is 0 Å². The summed E-state index contributed by atoms with van der Waals surface area (Å²) in [4.78, 5) is 6.67. The molecule has 0 spiro atoms. The molecule has 6 N–H and O–H groups in total. The van der Waals surface area contributed by atoms with Crippen molar-refractivity contribution in [3.8, 4) is 0 Å². The van der Waals surface area contributed by atoms with E-state index >= 15 is 0 Å². The second kappa shape index (κ2) is 4.80. The Morgan fingerprint density at radius 3 is 2.86 bits per heavy atom. The molecule has 0 aliphatic heterocycles. The standard InChI is InChI=1S/C8H15N5S/c1-2-3-4-11-6-5(9)7(14)13-8(10)12-6/h2-4,9H2,1H3,(H4,10,11,12,13,14). The van der Waals surface area contributed by atoms with Crippen LogP contribution in [-0.2, 0) is 0 Å². The molecule has 6 heteroatoms. The Bertz CT molecular complexity index is 359. The summed E-state index contributed by atoms with van der Waals surface area (Å²) in [6.45, 7) is 2.96. The van der Waals surface area contributed by atoms with Crippen molar-refractivity contribution in [2.75, 3.05) is 23.3 Å². The van der Waals surface area contributed by atoms with E-state index in [1.165, 1.54) is 0 Å². The normalized spacial score (nSPS) is 10.1. The molecule has 0 aliphatic rings. The smallest absolute Gasteiger partial charge is 0.200 e. The number of aromatic amines is 1. The number of aromatic nitrogens is 2. The minimum atomic E-state index is 0.281. The zero-order chi connectivity index (χ0) is 10.6. The first-order valence-electron chi connectivity index (χ1n) is 4.54. The summed E-state index contributed by atoms with van der Waals surface area (Å²) in [6.07, 6.45) is 2.19. The maximum atomic E-state index is 5.72. The highest BCUT2D eigenvalue weighted by molar-refractivity contribution is 7.71. The Morgan fingerprint density at radius 2 is 2.21 bits per heavy atom. The van der Waals surface area contributed by atoms with Crippen molar-refractivity contribution >= 4 is 29.7 Å². The Morgan fingerprint density at radius 1 is 1.50 bits per heavy atom. The minimum Gasteiger partial charge on any atom is -0.393 e. The molecule has 0 atom stereocenters. The van der Waals surface area contributed by atoms with Gasteiger partial charge in [0.25, 0.3) is 0 Å². The molecule has 0 fully saturated rings. The molecule has 1 rings (SSSR count). The van der Waals surface area contributed by atoms with Crippen LogP contribution in [-0.4, -0.2) is 16.5 Å². The van der Waals surface area contributed by atoms with Crippen LogP contribution in [0.2, 0.25) is 0 Å². The second-order valence-electron chi connectivity index (χ2n) is 3.00. The molecule has 1 aromatic rings. The van der Waals surface area contributed by atoms with Gasteiger partial charge in [0.1, 0.15) is 11.5 Å². The Kier molecular flexibility index (Phi) is 3.70. The molecule has 78 valence electrons. The molecule has 0 bridgehead atoms. The largest absolute Gasteiger partial charge is 0.393 e. The monoisotopic (exact) mass is 213 g/mol. The van der Waals surface area contributed by atoms with Crippen LogP contribution in [0.4, 0.5) is 17.5 Å². The molecule has 0 saturated carbocycles. The lowest BCUT2D eigenvalue weighted by Crippen LogP contribution is -2.09. The van der Waals surface area contributed by atoms with Gasteiger partial charge < -0.3 is 21.8 Å². The highest BCUT2D eigenvalue weighted by Gasteiger charge is 2.02. The summed E-state index contributed by atoms with van der Waals surface area (Å²) in [5, 5.41) is 3.13. The SMILES string of the molecule is CCCCNc1[nH]c(N)nc(=S)c1N. The van der Waals surface area contributed by atoms with E-state index in [0.717, 1.165) is 19.4 Å². The van der Waals surface area contributed by atoms with Gasteiger partial charge in [0.05, 0.1) is 0 Å². The maximum Gasteiger partial charge on any atom is 0.200 e. The number of nitrogens with zero attached hydrogens (tertiary/aromatic N) is 1. The molecule has 0 amide bonds. The fraction of sp³-hybridized carbons (Fsp3) is 0.500. The molecule has 14 heavy (non-hydrogen) atoms.